The molecule has 0 saturated heterocycles. The molecular weight excluding hydrogens is 132 g/mol. The first-order valence-corrected chi connectivity index (χ1v) is 4.07. The van der Waals surface area contributed by atoms with Crippen LogP contribution in [0.15, 0.2) is 35.5 Å². The number of hydrogen-bond donors (Lipinski definition) is 0. The third-order valence-electron chi connectivity index (χ3n) is 2.38. The van der Waals surface area contributed by atoms with Gasteiger partial charge in [-0.1, -0.05) is 49.3 Å². The van der Waals surface area contributed by atoms with E-state index in [9.17, 15) is 0 Å². The number of hydrogen-bond acceptors (Lipinski definition) is 0. The van der Waals surface area contributed by atoms with Gasteiger partial charge < -0.3 is 0 Å². The van der Waals surface area contributed by atoms with E-state index in [4.69, 9.17) is 0 Å². The molecule has 60 valence electrons. The second-order valence-corrected chi connectivity index (χ2v) is 3.82. The zero-order chi connectivity index (χ0) is 8.48. The Morgan fingerprint density at radius 1 is 1.09 bits per heavy atom. The Balaban J connectivity index is 3.03. The molecule has 0 aromatic rings. The van der Waals surface area contributed by atoms with Crippen LogP contribution in [0.25, 0.3) is 0 Å². The van der Waals surface area contributed by atoms with Crippen LogP contribution >= 0.6 is 0 Å². The Morgan fingerprint density at radius 3 is 2.36 bits per heavy atom. The van der Waals surface area contributed by atoms with E-state index >= 15 is 0 Å². The van der Waals surface area contributed by atoms with E-state index in [-0.39, 0.29) is 5.41 Å². The molecule has 0 atom stereocenters. The standard InChI is InChI=1S/C11H16/c1-9-5-6-10(2)11(3,4)8-7-9/h5-8H,1-4H3. The summed E-state index contributed by atoms with van der Waals surface area (Å²) in [7, 11) is 0. The predicted molar refractivity (Wildman–Crippen MR) is 50.4 cm³/mol. The van der Waals surface area contributed by atoms with Crippen molar-refractivity contribution in [1.29, 1.82) is 0 Å². The Kier molecular flexibility index (Phi) is 2.03. The van der Waals surface area contributed by atoms with Gasteiger partial charge in [-0.15, -0.1) is 0 Å². The third kappa shape index (κ3) is 1.83. The average molecular weight is 148 g/mol. The lowest BCUT2D eigenvalue weighted by molar-refractivity contribution is 0.581. The predicted octanol–water partition coefficient (Wildman–Crippen LogP) is 3.48. The van der Waals surface area contributed by atoms with Crippen LogP contribution in [0.5, 0.6) is 0 Å². The highest BCUT2D eigenvalue weighted by Gasteiger charge is 2.16. The molecule has 0 aromatic heterocycles. The summed E-state index contributed by atoms with van der Waals surface area (Å²) in [6.45, 7) is 8.78. The molecule has 0 saturated carbocycles. The molecule has 0 amide bonds. The summed E-state index contributed by atoms with van der Waals surface area (Å²) in [5, 5.41) is 0. The number of allylic oxidation sites excluding steroid dienone is 6. The molecule has 0 spiro atoms. The van der Waals surface area contributed by atoms with E-state index < -0.39 is 0 Å². The monoisotopic (exact) mass is 148 g/mol. The van der Waals surface area contributed by atoms with Crippen molar-refractivity contribution in [3.8, 4) is 0 Å². The Morgan fingerprint density at radius 2 is 1.73 bits per heavy atom. The minimum atomic E-state index is 0.230. The topological polar surface area (TPSA) is 0 Å². The first-order chi connectivity index (χ1) is 5.02. The van der Waals surface area contributed by atoms with E-state index in [1.165, 1.54) is 11.1 Å². The minimum Gasteiger partial charge on any atom is -0.0746 e. The van der Waals surface area contributed by atoms with Crippen LogP contribution in [-0.4, -0.2) is 0 Å². The zero-order valence-corrected chi connectivity index (χ0v) is 7.81. The van der Waals surface area contributed by atoms with Crippen molar-refractivity contribution in [3.05, 3.63) is 35.5 Å². The molecule has 0 radical (unpaired) electrons. The fourth-order valence-corrected chi connectivity index (χ4v) is 0.998. The average Bonchev–Trinajstić information content (AvgIpc) is 2.03. The van der Waals surface area contributed by atoms with Gasteiger partial charge in [-0.2, -0.15) is 0 Å². The van der Waals surface area contributed by atoms with Gasteiger partial charge >= 0.3 is 0 Å². The van der Waals surface area contributed by atoms with Gasteiger partial charge in [-0.05, 0) is 13.8 Å². The Bertz CT molecular complexity index is 237. The van der Waals surface area contributed by atoms with Crippen LogP contribution in [0.3, 0.4) is 0 Å². The minimum absolute atomic E-state index is 0.230. The Labute approximate surface area is 69.3 Å². The molecule has 11 heavy (non-hydrogen) atoms. The third-order valence-corrected chi connectivity index (χ3v) is 2.38. The van der Waals surface area contributed by atoms with Crippen molar-refractivity contribution in [1.82, 2.24) is 0 Å². The van der Waals surface area contributed by atoms with Gasteiger partial charge in [-0.3, -0.25) is 0 Å². The summed E-state index contributed by atoms with van der Waals surface area (Å²) in [4.78, 5) is 0. The molecule has 0 bridgehead atoms. The summed E-state index contributed by atoms with van der Waals surface area (Å²) in [5.74, 6) is 0. The van der Waals surface area contributed by atoms with E-state index in [1.807, 2.05) is 0 Å². The van der Waals surface area contributed by atoms with Crippen LogP contribution in [-0.2, 0) is 0 Å². The molecular formula is C11H16. The lowest BCUT2D eigenvalue weighted by Gasteiger charge is -2.19. The highest BCUT2D eigenvalue weighted by Crippen LogP contribution is 2.29. The smallest absolute Gasteiger partial charge is 0.00378 e. The quantitative estimate of drug-likeness (QED) is 0.493. The number of rotatable bonds is 0. The first-order valence-electron chi connectivity index (χ1n) is 4.07. The molecule has 1 rings (SSSR count). The lowest BCUT2D eigenvalue weighted by Crippen LogP contribution is -2.07. The van der Waals surface area contributed by atoms with Gasteiger partial charge in [0.15, 0.2) is 0 Å². The van der Waals surface area contributed by atoms with Crippen molar-refractivity contribution < 1.29 is 0 Å². The van der Waals surface area contributed by atoms with Crippen LogP contribution in [0, 0.1) is 5.41 Å². The van der Waals surface area contributed by atoms with E-state index in [0.717, 1.165) is 0 Å². The summed E-state index contributed by atoms with van der Waals surface area (Å²) >= 11 is 0. The summed E-state index contributed by atoms with van der Waals surface area (Å²) in [6.07, 6.45) is 8.82. The van der Waals surface area contributed by atoms with Gasteiger partial charge in [0.1, 0.15) is 0 Å². The molecule has 0 heterocycles. The van der Waals surface area contributed by atoms with E-state index in [0.29, 0.717) is 0 Å². The maximum Gasteiger partial charge on any atom is 0.00378 e. The van der Waals surface area contributed by atoms with Crippen molar-refractivity contribution >= 4 is 0 Å². The molecule has 0 aromatic carbocycles. The molecule has 0 nitrogen and oxygen atoms in total. The van der Waals surface area contributed by atoms with Gasteiger partial charge in [0.2, 0.25) is 0 Å². The lowest BCUT2D eigenvalue weighted by atomic mass is 9.85. The van der Waals surface area contributed by atoms with Gasteiger partial charge in [0.25, 0.3) is 0 Å². The summed E-state index contributed by atoms with van der Waals surface area (Å²) in [5.41, 5.74) is 2.98. The highest BCUT2D eigenvalue weighted by molar-refractivity contribution is 5.33. The molecule has 0 aliphatic heterocycles. The zero-order valence-electron chi connectivity index (χ0n) is 7.81. The van der Waals surface area contributed by atoms with Gasteiger partial charge in [0.05, 0.1) is 0 Å². The SMILES string of the molecule is CC1=CC=C(C)C(C)(C)C=C1. The molecule has 0 heteroatoms. The van der Waals surface area contributed by atoms with Crippen molar-refractivity contribution in [2.24, 2.45) is 5.41 Å². The molecule has 0 unspecified atom stereocenters. The second-order valence-electron chi connectivity index (χ2n) is 3.82. The van der Waals surface area contributed by atoms with Crippen LogP contribution in [0.4, 0.5) is 0 Å². The normalized spacial score (nSPS) is 22.2. The van der Waals surface area contributed by atoms with Crippen molar-refractivity contribution in [2.45, 2.75) is 27.7 Å². The molecule has 1 aliphatic rings. The molecule has 0 N–H and O–H groups in total. The maximum atomic E-state index is 2.26. The second kappa shape index (κ2) is 2.69. The summed E-state index contributed by atoms with van der Waals surface area (Å²) < 4.78 is 0. The van der Waals surface area contributed by atoms with Crippen molar-refractivity contribution in [2.75, 3.05) is 0 Å². The van der Waals surface area contributed by atoms with Crippen LogP contribution in [0.1, 0.15) is 27.7 Å². The fraction of sp³-hybridized carbons (Fsp3) is 0.455. The highest BCUT2D eigenvalue weighted by atomic mass is 14.2. The van der Waals surface area contributed by atoms with Crippen molar-refractivity contribution in [3.63, 3.8) is 0 Å². The van der Waals surface area contributed by atoms with Gasteiger partial charge in [-0.25, -0.2) is 0 Å². The fourth-order valence-electron chi connectivity index (χ4n) is 0.998. The van der Waals surface area contributed by atoms with Crippen LogP contribution in [0.2, 0.25) is 0 Å². The molecule has 1 aliphatic carbocycles. The largest absolute Gasteiger partial charge is 0.0746 e. The maximum absolute atomic E-state index is 2.26. The van der Waals surface area contributed by atoms with Gasteiger partial charge in [0, 0.05) is 5.41 Å². The van der Waals surface area contributed by atoms with E-state index in [2.05, 4.69) is 52.0 Å². The van der Waals surface area contributed by atoms with Crippen LogP contribution < -0.4 is 0 Å². The summed E-state index contributed by atoms with van der Waals surface area (Å²) in [6, 6.07) is 0. The molecule has 0 fully saturated rings. The Hall–Kier alpha value is -0.780. The van der Waals surface area contributed by atoms with E-state index in [1.54, 1.807) is 0 Å². The first kappa shape index (κ1) is 8.32.